The highest BCUT2D eigenvalue weighted by molar-refractivity contribution is 5.78. The molecule has 1 aromatic rings. The lowest BCUT2D eigenvalue weighted by molar-refractivity contribution is -0.160. The molecule has 0 radical (unpaired) electrons. The van der Waals surface area contributed by atoms with Crippen molar-refractivity contribution in [1.82, 2.24) is 5.32 Å². The molecule has 5 heteroatoms. The van der Waals surface area contributed by atoms with Gasteiger partial charge in [-0.2, -0.15) is 0 Å². The Morgan fingerprint density at radius 1 is 1.14 bits per heavy atom. The third-order valence-corrected chi connectivity index (χ3v) is 4.95. The van der Waals surface area contributed by atoms with Gasteiger partial charge in [-0.25, -0.2) is 4.79 Å². The van der Waals surface area contributed by atoms with Crippen LogP contribution in [0.4, 0.5) is 4.79 Å². The van der Waals surface area contributed by atoms with Crippen LogP contribution in [-0.2, 0) is 16.1 Å². The lowest BCUT2D eigenvalue weighted by Gasteiger charge is -2.52. The predicted octanol–water partition coefficient (Wildman–Crippen LogP) is 3.09. The molecule has 0 saturated heterocycles. The summed E-state index contributed by atoms with van der Waals surface area (Å²) in [5, 5.41) is 12.3. The molecule has 0 aliphatic heterocycles. The van der Waals surface area contributed by atoms with Crippen LogP contribution < -0.4 is 5.32 Å². The minimum Gasteiger partial charge on any atom is -0.481 e. The van der Waals surface area contributed by atoms with Crippen molar-refractivity contribution in [2.24, 2.45) is 5.41 Å². The van der Waals surface area contributed by atoms with E-state index in [1.54, 1.807) is 0 Å². The Balaban J connectivity index is 1.56. The number of amides is 1. The van der Waals surface area contributed by atoms with E-state index in [2.05, 4.69) is 5.32 Å². The first-order chi connectivity index (χ1) is 10.5. The maximum Gasteiger partial charge on any atom is 0.407 e. The van der Waals surface area contributed by atoms with E-state index in [4.69, 9.17) is 4.74 Å². The second-order valence-electron chi connectivity index (χ2n) is 6.61. The predicted molar refractivity (Wildman–Crippen MR) is 80.3 cm³/mol. The van der Waals surface area contributed by atoms with Crippen LogP contribution in [0, 0.1) is 5.41 Å². The summed E-state index contributed by atoms with van der Waals surface area (Å²) in [6.07, 6.45) is 4.01. The normalized spacial score (nSPS) is 29.8. The Morgan fingerprint density at radius 3 is 2.50 bits per heavy atom. The molecule has 3 aliphatic carbocycles. The third-order valence-electron chi connectivity index (χ3n) is 4.95. The summed E-state index contributed by atoms with van der Waals surface area (Å²) in [4.78, 5) is 23.5. The molecule has 2 bridgehead atoms. The summed E-state index contributed by atoms with van der Waals surface area (Å²) < 4.78 is 5.26. The van der Waals surface area contributed by atoms with Gasteiger partial charge in [-0.05, 0) is 31.2 Å². The Morgan fingerprint density at radius 2 is 1.82 bits per heavy atom. The van der Waals surface area contributed by atoms with E-state index in [0.717, 1.165) is 24.8 Å². The molecule has 3 fully saturated rings. The van der Waals surface area contributed by atoms with E-state index in [9.17, 15) is 14.7 Å². The summed E-state index contributed by atoms with van der Waals surface area (Å²) in [5.41, 5.74) is -0.0872. The summed E-state index contributed by atoms with van der Waals surface area (Å²) in [5.74, 6) is -0.732. The third kappa shape index (κ3) is 2.80. The largest absolute Gasteiger partial charge is 0.481 e. The van der Waals surface area contributed by atoms with E-state index in [-0.39, 0.29) is 12.1 Å². The molecule has 0 atom stereocenters. The summed E-state index contributed by atoms with van der Waals surface area (Å²) >= 11 is 0. The van der Waals surface area contributed by atoms with Crippen molar-refractivity contribution < 1.29 is 19.4 Å². The maximum absolute atomic E-state index is 12.0. The Hall–Kier alpha value is -2.04. The molecule has 118 valence electrons. The fraction of sp³-hybridized carbons (Fsp3) is 0.529. The number of fused-ring (bicyclic) bond motifs is 3. The van der Waals surface area contributed by atoms with Crippen molar-refractivity contribution in [2.45, 2.75) is 50.7 Å². The molecule has 0 aromatic heterocycles. The van der Waals surface area contributed by atoms with Gasteiger partial charge >= 0.3 is 12.1 Å². The summed E-state index contributed by atoms with van der Waals surface area (Å²) in [6.45, 7) is 0.229. The highest BCUT2D eigenvalue weighted by Gasteiger charge is 2.60. The number of nitrogens with one attached hydrogen (secondary N) is 1. The minimum absolute atomic E-state index is 0.229. The first kappa shape index (κ1) is 14.9. The van der Waals surface area contributed by atoms with Crippen molar-refractivity contribution in [1.29, 1.82) is 0 Å². The zero-order valence-corrected chi connectivity index (χ0v) is 12.5. The zero-order chi connectivity index (χ0) is 15.6. The van der Waals surface area contributed by atoms with Crippen molar-refractivity contribution in [3.05, 3.63) is 35.9 Å². The Kier molecular flexibility index (Phi) is 3.81. The number of hydrogen-bond acceptors (Lipinski definition) is 3. The Bertz CT molecular complexity index is 563. The molecule has 2 N–H and O–H groups in total. The van der Waals surface area contributed by atoms with E-state index in [0.29, 0.717) is 19.3 Å². The number of carbonyl (C=O) groups is 2. The molecule has 0 spiro atoms. The molecular formula is C17H21NO4. The van der Waals surface area contributed by atoms with Gasteiger partial charge in [0.1, 0.15) is 6.61 Å². The van der Waals surface area contributed by atoms with Gasteiger partial charge in [0.05, 0.1) is 5.41 Å². The quantitative estimate of drug-likeness (QED) is 0.896. The number of carboxylic acids is 1. The lowest BCUT2D eigenvalue weighted by atomic mass is 9.56. The zero-order valence-electron chi connectivity index (χ0n) is 12.5. The molecule has 4 rings (SSSR count). The van der Waals surface area contributed by atoms with Gasteiger partial charge in [0, 0.05) is 5.54 Å². The van der Waals surface area contributed by atoms with Gasteiger partial charge in [-0.15, -0.1) is 0 Å². The van der Waals surface area contributed by atoms with Crippen LogP contribution in [0.1, 0.15) is 44.1 Å². The smallest absolute Gasteiger partial charge is 0.407 e. The van der Waals surface area contributed by atoms with Crippen molar-refractivity contribution in [3.8, 4) is 0 Å². The molecule has 22 heavy (non-hydrogen) atoms. The lowest BCUT2D eigenvalue weighted by Crippen LogP contribution is -2.63. The van der Waals surface area contributed by atoms with Crippen molar-refractivity contribution in [3.63, 3.8) is 0 Å². The molecule has 1 aromatic carbocycles. The molecule has 5 nitrogen and oxygen atoms in total. The van der Waals surface area contributed by atoms with E-state index < -0.39 is 17.5 Å². The maximum atomic E-state index is 12.0. The van der Waals surface area contributed by atoms with Crippen molar-refractivity contribution in [2.75, 3.05) is 0 Å². The standard InChI is InChI=1S/C17H21NO4/c19-14(20)16-8-4-5-9-17(11-16,12-16)18-15(21)22-10-13-6-2-1-3-7-13/h1-3,6-7H,4-5,8-12H2,(H,18,21)(H,19,20). The number of ether oxygens (including phenoxy) is 1. The van der Waals surface area contributed by atoms with Gasteiger partial charge in [0.25, 0.3) is 0 Å². The van der Waals surface area contributed by atoms with Crippen LogP contribution in [0.15, 0.2) is 30.3 Å². The van der Waals surface area contributed by atoms with Crippen LogP contribution in [0.2, 0.25) is 0 Å². The summed E-state index contributed by atoms with van der Waals surface area (Å²) in [6, 6.07) is 9.50. The fourth-order valence-electron chi connectivity index (χ4n) is 3.91. The minimum atomic E-state index is -0.732. The topological polar surface area (TPSA) is 75.6 Å². The second-order valence-corrected chi connectivity index (χ2v) is 6.61. The molecule has 3 aliphatic rings. The van der Waals surface area contributed by atoms with E-state index >= 15 is 0 Å². The number of carboxylic acid groups (broad SMARTS) is 1. The Labute approximate surface area is 129 Å². The number of rotatable bonds is 4. The molecule has 0 heterocycles. The van der Waals surface area contributed by atoms with Gasteiger partial charge in [-0.1, -0.05) is 43.2 Å². The van der Waals surface area contributed by atoms with Gasteiger partial charge in [-0.3, -0.25) is 4.79 Å². The monoisotopic (exact) mass is 303 g/mol. The first-order valence-electron chi connectivity index (χ1n) is 7.76. The van der Waals surface area contributed by atoms with Gasteiger partial charge in [0.2, 0.25) is 0 Å². The summed E-state index contributed by atoms with van der Waals surface area (Å²) in [7, 11) is 0. The van der Waals surface area contributed by atoms with Crippen molar-refractivity contribution >= 4 is 12.1 Å². The highest BCUT2D eigenvalue weighted by Crippen LogP contribution is 2.56. The molecular weight excluding hydrogens is 282 g/mol. The second kappa shape index (κ2) is 5.63. The molecule has 3 saturated carbocycles. The van der Waals surface area contributed by atoms with Crippen LogP contribution >= 0.6 is 0 Å². The number of carbonyl (C=O) groups excluding carboxylic acids is 1. The number of alkyl carbamates (subject to hydrolysis) is 1. The average molecular weight is 303 g/mol. The number of aliphatic carboxylic acids is 1. The van der Waals surface area contributed by atoms with Gasteiger partial charge in [0.15, 0.2) is 0 Å². The molecule has 1 amide bonds. The van der Waals surface area contributed by atoms with Crippen LogP contribution in [0.25, 0.3) is 0 Å². The number of hydrogen-bond donors (Lipinski definition) is 2. The van der Waals surface area contributed by atoms with Gasteiger partial charge < -0.3 is 15.2 Å². The SMILES string of the molecule is O=C(NC12CCCCC(C(=O)O)(C1)C2)OCc1ccccc1. The fourth-order valence-corrected chi connectivity index (χ4v) is 3.91. The van der Waals surface area contributed by atoms with Crippen LogP contribution in [0.5, 0.6) is 0 Å². The highest BCUT2D eigenvalue weighted by atomic mass is 16.5. The molecule has 0 unspecified atom stereocenters. The number of benzene rings is 1. The van der Waals surface area contributed by atoms with E-state index in [1.807, 2.05) is 30.3 Å². The van der Waals surface area contributed by atoms with Crippen LogP contribution in [-0.4, -0.2) is 22.7 Å². The first-order valence-corrected chi connectivity index (χ1v) is 7.76. The van der Waals surface area contributed by atoms with Crippen LogP contribution in [0.3, 0.4) is 0 Å². The average Bonchev–Trinajstić information content (AvgIpc) is 2.77. The van der Waals surface area contributed by atoms with E-state index in [1.165, 1.54) is 0 Å².